The summed E-state index contributed by atoms with van der Waals surface area (Å²) in [6.07, 6.45) is 3.85. The fourth-order valence-corrected chi connectivity index (χ4v) is 5.41. The van der Waals surface area contributed by atoms with Crippen molar-refractivity contribution in [3.63, 3.8) is 0 Å². The first-order valence-electron chi connectivity index (χ1n) is 10.8. The van der Waals surface area contributed by atoms with Gasteiger partial charge in [0.15, 0.2) is 11.5 Å². The van der Waals surface area contributed by atoms with Gasteiger partial charge in [-0.15, -0.1) is 0 Å². The molecule has 0 unspecified atom stereocenters. The number of nitrogens with zero attached hydrogens (tertiary/aromatic N) is 1. The number of carbonyl (C=O) groups is 1. The summed E-state index contributed by atoms with van der Waals surface area (Å²) in [4.78, 5) is 15.8. The van der Waals surface area contributed by atoms with Gasteiger partial charge in [-0.2, -0.15) is 0 Å². The van der Waals surface area contributed by atoms with Gasteiger partial charge in [0, 0.05) is 25.7 Å². The second-order valence-corrected chi connectivity index (χ2v) is 8.73. The number of hydrogen-bond acceptors (Lipinski definition) is 4. The van der Waals surface area contributed by atoms with E-state index in [4.69, 9.17) is 14.2 Å². The summed E-state index contributed by atoms with van der Waals surface area (Å²) in [7, 11) is 3.32. The molecule has 0 bridgehead atoms. The Bertz CT molecular complexity index is 936. The van der Waals surface area contributed by atoms with Crippen LogP contribution in [0.25, 0.3) is 0 Å². The number of ether oxygens (including phenoxy) is 3. The van der Waals surface area contributed by atoms with Crippen LogP contribution in [0, 0.1) is 11.3 Å². The van der Waals surface area contributed by atoms with Crippen LogP contribution >= 0.6 is 0 Å². The van der Waals surface area contributed by atoms with Crippen molar-refractivity contribution in [2.45, 2.75) is 31.7 Å². The third-order valence-corrected chi connectivity index (χ3v) is 7.25. The molecule has 1 aliphatic carbocycles. The van der Waals surface area contributed by atoms with E-state index in [0.29, 0.717) is 11.7 Å². The average Bonchev–Trinajstić information content (AvgIpc) is 3.50. The van der Waals surface area contributed by atoms with Crippen LogP contribution in [0.15, 0.2) is 42.5 Å². The molecule has 2 atom stereocenters. The first kappa shape index (κ1) is 19.4. The number of carbonyl (C=O) groups excluding carboxylic acids is 1. The predicted molar refractivity (Wildman–Crippen MR) is 114 cm³/mol. The maximum absolute atomic E-state index is 13.7. The van der Waals surface area contributed by atoms with E-state index in [0.717, 1.165) is 62.3 Å². The zero-order valence-electron chi connectivity index (χ0n) is 17.7. The molecule has 30 heavy (non-hydrogen) atoms. The lowest BCUT2D eigenvalue weighted by Gasteiger charge is -2.39. The van der Waals surface area contributed by atoms with E-state index in [1.54, 1.807) is 14.2 Å². The lowest BCUT2D eigenvalue weighted by molar-refractivity contribution is -0.136. The van der Waals surface area contributed by atoms with Gasteiger partial charge in [0.25, 0.3) is 0 Å². The highest BCUT2D eigenvalue weighted by Crippen LogP contribution is 2.60. The third kappa shape index (κ3) is 3.16. The van der Waals surface area contributed by atoms with Crippen molar-refractivity contribution < 1.29 is 19.0 Å². The van der Waals surface area contributed by atoms with Gasteiger partial charge in [-0.1, -0.05) is 30.3 Å². The quantitative estimate of drug-likeness (QED) is 0.769. The maximum Gasteiger partial charge on any atom is 0.227 e. The van der Waals surface area contributed by atoms with E-state index in [-0.39, 0.29) is 17.4 Å². The number of methoxy groups -OCH3 is 2. The molecule has 5 nitrogen and oxygen atoms in total. The molecule has 2 aromatic carbocycles. The van der Waals surface area contributed by atoms with Crippen molar-refractivity contribution in [2.75, 3.05) is 34.0 Å². The largest absolute Gasteiger partial charge is 0.493 e. The minimum Gasteiger partial charge on any atom is -0.493 e. The number of hydrogen-bond donors (Lipinski definition) is 0. The van der Waals surface area contributed by atoms with Crippen molar-refractivity contribution in [1.82, 2.24) is 4.90 Å². The molecule has 5 heteroatoms. The Morgan fingerprint density at radius 3 is 2.47 bits per heavy atom. The van der Waals surface area contributed by atoms with Crippen molar-refractivity contribution >= 4 is 5.91 Å². The first-order chi connectivity index (χ1) is 14.7. The molecule has 2 heterocycles. The first-order valence-corrected chi connectivity index (χ1v) is 10.8. The molecule has 2 aromatic rings. The molecule has 5 rings (SSSR count). The molecule has 1 amide bonds. The average molecular weight is 408 g/mol. The molecule has 3 aliphatic rings. The van der Waals surface area contributed by atoms with Gasteiger partial charge in [-0.05, 0) is 59.9 Å². The van der Waals surface area contributed by atoms with Crippen LogP contribution in [0.3, 0.4) is 0 Å². The number of amides is 1. The van der Waals surface area contributed by atoms with Crippen molar-refractivity contribution in [2.24, 2.45) is 11.3 Å². The third-order valence-electron chi connectivity index (χ3n) is 7.25. The topological polar surface area (TPSA) is 48.0 Å². The molecule has 2 aliphatic heterocycles. The summed E-state index contributed by atoms with van der Waals surface area (Å²) in [6, 6.07) is 14.4. The monoisotopic (exact) mass is 407 g/mol. The lowest BCUT2D eigenvalue weighted by atomic mass is 9.86. The molecule has 0 radical (unpaired) electrons. The summed E-state index contributed by atoms with van der Waals surface area (Å²) in [5.41, 5.74) is 3.68. The lowest BCUT2D eigenvalue weighted by Crippen LogP contribution is -2.42. The van der Waals surface area contributed by atoms with Gasteiger partial charge in [0.05, 0.1) is 20.3 Å². The number of benzene rings is 2. The summed E-state index contributed by atoms with van der Waals surface area (Å²) >= 11 is 0. The SMILES string of the molecule is COc1cc2c(cc1OC)[C@@H](c1ccccc1)N(C(=O)[C@H]1CC13CCOCC3)CC2. The Morgan fingerprint density at radius 1 is 1.07 bits per heavy atom. The van der Waals surface area contributed by atoms with Gasteiger partial charge in [-0.25, -0.2) is 0 Å². The van der Waals surface area contributed by atoms with Gasteiger partial charge in [0.2, 0.25) is 5.91 Å². The Balaban J connectivity index is 1.53. The highest BCUT2D eigenvalue weighted by atomic mass is 16.5. The van der Waals surface area contributed by atoms with Crippen LogP contribution < -0.4 is 9.47 Å². The molecular formula is C25H29NO4. The molecular weight excluding hydrogens is 378 g/mol. The van der Waals surface area contributed by atoms with Crippen LogP contribution in [-0.2, 0) is 16.0 Å². The van der Waals surface area contributed by atoms with Crippen LogP contribution in [0.2, 0.25) is 0 Å². The molecule has 158 valence electrons. The Hall–Kier alpha value is -2.53. The van der Waals surface area contributed by atoms with Crippen molar-refractivity contribution in [1.29, 1.82) is 0 Å². The Labute approximate surface area is 177 Å². The molecule has 0 N–H and O–H groups in total. The highest BCUT2D eigenvalue weighted by Gasteiger charge is 2.59. The van der Waals surface area contributed by atoms with Crippen LogP contribution in [-0.4, -0.2) is 44.8 Å². The van der Waals surface area contributed by atoms with Crippen LogP contribution in [0.1, 0.15) is 42.0 Å². The second-order valence-electron chi connectivity index (χ2n) is 8.73. The smallest absolute Gasteiger partial charge is 0.227 e. The van der Waals surface area contributed by atoms with E-state index in [2.05, 4.69) is 29.2 Å². The zero-order valence-corrected chi connectivity index (χ0v) is 17.7. The van der Waals surface area contributed by atoms with E-state index < -0.39 is 0 Å². The summed E-state index contributed by atoms with van der Waals surface area (Å²) in [5, 5.41) is 0. The zero-order chi connectivity index (χ0) is 20.7. The minimum absolute atomic E-state index is 0.0975. The summed E-state index contributed by atoms with van der Waals surface area (Å²) in [6.45, 7) is 2.29. The normalized spacial score (nSPS) is 24.3. The second kappa shape index (κ2) is 7.62. The van der Waals surface area contributed by atoms with Crippen molar-refractivity contribution in [3.05, 3.63) is 59.2 Å². The number of fused-ring (bicyclic) bond motifs is 1. The maximum atomic E-state index is 13.7. The van der Waals surface area contributed by atoms with E-state index >= 15 is 0 Å². The molecule has 2 fully saturated rings. The Kier molecular flexibility index (Phi) is 4.94. The van der Waals surface area contributed by atoms with Crippen molar-refractivity contribution in [3.8, 4) is 11.5 Å². The van der Waals surface area contributed by atoms with Crippen LogP contribution in [0.4, 0.5) is 0 Å². The van der Waals surface area contributed by atoms with E-state index in [1.807, 2.05) is 18.2 Å². The van der Waals surface area contributed by atoms with E-state index in [1.165, 1.54) is 5.56 Å². The molecule has 1 saturated heterocycles. The van der Waals surface area contributed by atoms with Gasteiger partial charge in [-0.3, -0.25) is 4.79 Å². The highest BCUT2D eigenvalue weighted by molar-refractivity contribution is 5.84. The fraction of sp³-hybridized carbons (Fsp3) is 0.480. The van der Waals surface area contributed by atoms with Gasteiger partial charge in [0.1, 0.15) is 0 Å². The predicted octanol–water partition coefficient (Wildman–Crippen LogP) is 3.99. The van der Waals surface area contributed by atoms with Gasteiger partial charge >= 0.3 is 0 Å². The standard InChI is InChI=1S/C25H29NO4/c1-28-21-14-18-8-11-26(24(27)20-16-25(20)9-12-30-13-10-25)23(17-6-4-3-5-7-17)19(18)15-22(21)29-2/h3-7,14-15,20,23H,8-13,16H2,1-2H3/t20-,23-/m1/s1. The number of rotatable bonds is 4. The van der Waals surface area contributed by atoms with Crippen LogP contribution in [0.5, 0.6) is 11.5 Å². The Morgan fingerprint density at radius 2 is 1.77 bits per heavy atom. The van der Waals surface area contributed by atoms with Gasteiger partial charge < -0.3 is 19.1 Å². The molecule has 1 spiro atoms. The summed E-state index contributed by atoms with van der Waals surface area (Å²) in [5.74, 6) is 1.88. The van der Waals surface area contributed by atoms with E-state index in [9.17, 15) is 4.79 Å². The molecule has 0 aromatic heterocycles. The molecule has 1 saturated carbocycles. The summed E-state index contributed by atoms with van der Waals surface area (Å²) < 4.78 is 16.7. The fourth-order valence-electron chi connectivity index (χ4n) is 5.41. The minimum atomic E-state index is -0.0975.